The van der Waals surface area contributed by atoms with E-state index in [9.17, 15) is 63.6 Å². The third-order valence-corrected chi connectivity index (χ3v) is 12.1. The van der Waals surface area contributed by atoms with Crippen molar-refractivity contribution in [2.75, 3.05) is 84.4 Å². The number of carboxylic acid groups (broad SMARTS) is 1. The molecule has 0 aliphatic carbocycles. The quantitative estimate of drug-likeness (QED) is 0.0366. The second-order valence-electron chi connectivity index (χ2n) is 17.9. The fraction of sp³-hybridized carbons (Fsp3) is 0.380. The maximum Gasteiger partial charge on any atom is 0.303 e. The van der Waals surface area contributed by atoms with Crippen LogP contribution in [0.5, 0.6) is 17.2 Å². The van der Waals surface area contributed by atoms with Gasteiger partial charge in [0.05, 0.1) is 35.2 Å². The van der Waals surface area contributed by atoms with E-state index in [0.717, 1.165) is 19.3 Å². The number of hydrogen-bond acceptors (Lipinski definition) is 16. The number of amides is 5. The number of aromatic nitrogens is 3. The minimum absolute atomic E-state index is 0.00190. The lowest BCUT2D eigenvalue weighted by Gasteiger charge is -2.32. The van der Waals surface area contributed by atoms with Crippen molar-refractivity contribution < 1.29 is 54.3 Å². The lowest BCUT2D eigenvalue weighted by atomic mass is 9.97. The number of carbonyl (C=O) groups is 6. The van der Waals surface area contributed by atoms with Gasteiger partial charge < -0.3 is 70.7 Å². The first-order chi connectivity index (χ1) is 35.6. The molecule has 0 fully saturated rings. The molecule has 25 nitrogen and oxygen atoms in total. The molecule has 10 N–H and O–H groups in total. The third-order valence-electron chi connectivity index (χ3n) is 12.1. The molecule has 0 spiro atoms. The van der Waals surface area contributed by atoms with E-state index in [2.05, 4.69) is 26.6 Å². The van der Waals surface area contributed by atoms with E-state index in [1.54, 1.807) is 42.4 Å². The van der Waals surface area contributed by atoms with Gasteiger partial charge in [-0.1, -0.05) is 12.1 Å². The second kappa shape index (κ2) is 26.8. The lowest BCUT2D eigenvalue weighted by Crippen LogP contribution is -2.46. The van der Waals surface area contributed by atoms with Crippen LogP contribution in [0.3, 0.4) is 0 Å². The van der Waals surface area contributed by atoms with Gasteiger partial charge in [-0.25, -0.2) is 0 Å². The van der Waals surface area contributed by atoms with E-state index in [-0.39, 0.29) is 119 Å². The molecule has 25 heteroatoms. The van der Waals surface area contributed by atoms with E-state index in [1.807, 2.05) is 9.80 Å². The summed E-state index contributed by atoms with van der Waals surface area (Å²) in [6.07, 6.45) is 6.91. The average molecular weight is 1040 g/mol. The van der Waals surface area contributed by atoms with Crippen molar-refractivity contribution in [1.29, 1.82) is 0 Å². The molecule has 1 aromatic carbocycles. The molecule has 1 aliphatic heterocycles. The first-order valence-electron chi connectivity index (χ1n) is 23.8. The van der Waals surface area contributed by atoms with Crippen LogP contribution in [-0.4, -0.2) is 168 Å². The van der Waals surface area contributed by atoms with Crippen LogP contribution in [0, 0.1) is 5.92 Å². The maximum absolute atomic E-state index is 13.3. The number of nitrogens with zero attached hydrogens (tertiary/aromatic N) is 6. The number of pyridine rings is 3. The van der Waals surface area contributed by atoms with E-state index < -0.39 is 69.4 Å². The van der Waals surface area contributed by atoms with E-state index in [0.29, 0.717) is 12.1 Å². The number of aliphatic hydroxyl groups is 1. The van der Waals surface area contributed by atoms with Gasteiger partial charge in [-0.2, -0.15) is 0 Å². The van der Waals surface area contributed by atoms with Gasteiger partial charge in [0.2, 0.25) is 5.91 Å². The molecule has 4 aromatic rings. The predicted octanol–water partition coefficient (Wildman–Crippen LogP) is -0.857. The first kappa shape index (κ1) is 57.2. The number of aliphatic hydroxyl groups excluding tert-OH is 1. The summed E-state index contributed by atoms with van der Waals surface area (Å²) < 4.78 is 3.34. The summed E-state index contributed by atoms with van der Waals surface area (Å²) in [5, 5.41) is 64.6. The minimum atomic E-state index is -1.12. The van der Waals surface area contributed by atoms with Crippen LogP contribution in [-0.2, 0) is 41.9 Å². The fourth-order valence-electron chi connectivity index (χ4n) is 7.97. The zero-order chi connectivity index (χ0) is 54.9. The fourth-order valence-corrected chi connectivity index (χ4v) is 7.97. The summed E-state index contributed by atoms with van der Waals surface area (Å²) in [4.78, 5) is 119. The normalized spacial score (nSPS) is 12.6. The van der Waals surface area contributed by atoms with Crippen molar-refractivity contribution in [3.8, 4) is 17.2 Å². The van der Waals surface area contributed by atoms with Crippen LogP contribution < -0.4 is 43.3 Å². The number of likely N-dealkylation sites (N-methyl/N-ethyl adjacent to an activating group) is 1. The number of hydrogen-bond donors (Lipinski definition) is 10. The van der Waals surface area contributed by atoms with Crippen molar-refractivity contribution in [2.24, 2.45) is 27.1 Å². The number of aliphatic carboxylic acids is 1. The van der Waals surface area contributed by atoms with E-state index >= 15 is 0 Å². The molecule has 402 valence electrons. The lowest BCUT2D eigenvalue weighted by molar-refractivity contribution is -0.138. The summed E-state index contributed by atoms with van der Waals surface area (Å²) in [5.41, 5.74) is -1.77. The summed E-state index contributed by atoms with van der Waals surface area (Å²) in [5.74, 6) is -7.01. The van der Waals surface area contributed by atoms with Gasteiger partial charge in [-0.3, -0.25) is 53.0 Å². The summed E-state index contributed by atoms with van der Waals surface area (Å²) in [6.45, 7) is 1.27. The van der Waals surface area contributed by atoms with Gasteiger partial charge in [0, 0.05) is 131 Å². The number of carbonyl (C=O) groups excluding carboxylic acids is 5. The summed E-state index contributed by atoms with van der Waals surface area (Å²) >= 11 is 0. The van der Waals surface area contributed by atoms with E-state index in [4.69, 9.17) is 5.11 Å². The highest BCUT2D eigenvalue weighted by Crippen LogP contribution is 2.18. The predicted molar refractivity (Wildman–Crippen MR) is 273 cm³/mol. The highest BCUT2D eigenvalue weighted by molar-refractivity contribution is 5.98. The molecule has 1 unspecified atom stereocenters. The molecule has 0 radical (unpaired) electrons. The SMILES string of the molecule is CN1C=CC(C(=O)NCCN(CCNC(=O)c2ccn(C)c(=O)c2O)CC(Cc2ccc(NC(=O)CCC(=O)O)cc2)CN(CCNC(=O)c2ccn(C)c(=O)c2O)CCNC(=O)c2ccn(C)c(=O)c2O)=C(O)C1. The number of aromatic hydroxyl groups is 3. The Bertz CT molecular complexity index is 2920. The molecule has 3 aromatic heterocycles. The molecule has 1 aliphatic rings. The monoisotopic (exact) mass is 1040 g/mol. The first-order valence-corrected chi connectivity index (χ1v) is 23.8. The molecule has 5 amide bonds. The van der Waals surface area contributed by atoms with Gasteiger partial charge in [-0.15, -0.1) is 0 Å². The standard InChI is InChI=1S/C50H63N11O14/c1-56-19-11-34(38(62)30-56)44(69)51-15-23-60(24-16-52-45(70)35-12-20-57(2)48(73)41(35)66)28-32(27-31-5-7-33(8-6-31)55-39(63)9-10-40(64)65)29-61(25-17-53-46(71)36-13-21-58(3)49(74)42(36)67)26-18-54-47(72)37-14-22-59(4)50(75)43(37)68/h5-8,11-14,19-22,32,62,66-68H,9-10,15-18,23-30H2,1-4H3,(H,51,69)(H,52,70)(H,53,71)(H,54,72)(H,55,63)(H,64,65). The van der Waals surface area contributed by atoms with Crippen LogP contribution in [0.4, 0.5) is 5.69 Å². The molecule has 0 bridgehead atoms. The Morgan fingerprint density at radius 1 is 0.573 bits per heavy atom. The van der Waals surface area contributed by atoms with Crippen LogP contribution >= 0.6 is 0 Å². The molecule has 0 saturated carbocycles. The van der Waals surface area contributed by atoms with Gasteiger partial charge >= 0.3 is 5.97 Å². The van der Waals surface area contributed by atoms with Gasteiger partial charge in [0.25, 0.3) is 40.3 Å². The Hall–Kier alpha value is -8.71. The Morgan fingerprint density at radius 3 is 1.36 bits per heavy atom. The molecule has 4 heterocycles. The van der Waals surface area contributed by atoms with Crippen LogP contribution in [0.2, 0.25) is 0 Å². The van der Waals surface area contributed by atoms with E-state index in [1.165, 1.54) is 64.0 Å². The smallest absolute Gasteiger partial charge is 0.303 e. The molecule has 0 saturated heterocycles. The van der Waals surface area contributed by atoms with Crippen molar-refractivity contribution in [3.63, 3.8) is 0 Å². The van der Waals surface area contributed by atoms with Crippen LogP contribution in [0.1, 0.15) is 49.5 Å². The minimum Gasteiger partial charge on any atom is -0.510 e. The summed E-state index contributed by atoms with van der Waals surface area (Å²) in [7, 11) is 5.99. The third kappa shape index (κ3) is 16.4. The Morgan fingerprint density at radius 2 is 0.973 bits per heavy atom. The highest BCUT2D eigenvalue weighted by atomic mass is 16.4. The number of anilines is 1. The van der Waals surface area contributed by atoms with Crippen LogP contribution in [0.25, 0.3) is 0 Å². The van der Waals surface area contributed by atoms with Crippen LogP contribution in [0.15, 0.2) is 99.0 Å². The Kier molecular flexibility index (Phi) is 20.5. The Balaban J connectivity index is 1.44. The number of aryl methyl sites for hydroxylation is 3. The largest absolute Gasteiger partial charge is 0.510 e. The number of nitrogens with one attached hydrogen (secondary N) is 5. The zero-order valence-electron chi connectivity index (χ0n) is 42.0. The number of rotatable bonds is 26. The van der Waals surface area contributed by atoms with Gasteiger partial charge in [-0.05, 0) is 54.3 Å². The van der Waals surface area contributed by atoms with Crippen molar-refractivity contribution in [1.82, 2.24) is 49.7 Å². The highest BCUT2D eigenvalue weighted by Gasteiger charge is 2.24. The Labute approximate surface area is 430 Å². The van der Waals surface area contributed by atoms with Crippen molar-refractivity contribution >= 4 is 41.2 Å². The molecule has 75 heavy (non-hydrogen) atoms. The zero-order valence-corrected chi connectivity index (χ0v) is 42.0. The van der Waals surface area contributed by atoms with Crippen molar-refractivity contribution in [3.05, 3.63) is 138 Å². The summed E-state index contributed by atoms with van der Waals surface area (Å²) in [6, 6.07) is 10.7. The molecule has 1 atom stereocenters. The number of benzene rings is 1. The molecular weight excluding hydrogens is 979 g/mol. The molecular formula is C50H63N11O14. The molecule has 5 rings (SSSR count). The van der Waals surface area contributed by atoms with Crippen molar-refractivity contribution in [2.45, 2.75) is 19.3 Å². The average Bonchev–Trinajstić information content (AvgIpc) is 3.36. The van der Waals surface area contributed by atoms with Gasteiger partial charge in [0.1, 0.15) is 5.76 Å². The van der Waals surface area contributed by atoms with Gasteiger partial charge in [0.15, 0.2) is 17.2 Å². The number of carboxylic acids is 1. The topological polar surface area (TPSA) is 339 Å². The maximum atomic E-state index is 13.3. The second-order valence-corrected chi connectivity index (χ2v) is 17.9.